The van der Waals surface area contributed by atoms with Crippen LogP contribution in [0.2, 0.25) is 0 Å². The second kappa shape index (κ2) is 5.96. The Kier molecular flexibility index (Phi) is 4.41. The normalized spacial score (nSPS) is 12.0. The smallest absolute Gasteiger partial charge is 0.237 e. The quantitative estimate of drug-likeness (QED) is 0.829. The molecule has 0 spiro atoms. The number of nitrogens with zero attached hydrogens (tertiary/aromatic N) is 1. The van der Waals surface area contributed by atoms with Crippen molar-refractivity contribution in [3.63, 3.8) is 0 Å². The molecular weight excluding hydrogens is 270 g/mol. The summed E-state index contributed by atoms with van der Waals surface area (Å²) >= 11 is 0. The fourth-order valence-corrected chi connectivity index (χ4v) is 2.60. The molecule has 0 unspecified atom stereocenters. The molecule has 22 heavy (non-hydrogen) atoms. The minimum absolute atomic E-state index is 0.109. The number of hydrogen-bond acceptors (Lipinski definition) is 1. The van der Waals surface area contributed by atoms with Gasteiger partial charge in [0.2, 0.25) is 5.91 Å². The molecule has 0 atom stereocenters. The van der Waals surface area contributed by atoms with Crippen LogP contribution >= 0.6 is 0 Å². The summed E-state index contributed by atoms with van der Waals surface area (Å²) in [5, 5.41) is 0. The minimum atomic E-state index is -0.690. The van der Waals surface area contributed by atoms with Gasteiger partial charge in [-0.3, -0.25) is 4.79 Å². The van der Waals surface area contributed by atoms with Crippen LogP contribution in [0.4, 0.5) is 0 Å². The molecule has 0 aromatic heterocycles. The standard InChI is InChI=1S/C20H25NO/c1-19(2,3)21(5)18(22)20(4,16-12-8-6-9-13-16)17-14-10-7-11-15-17/h6-15H,1-5H3. The number of likely N-dealkylation sites (N-methyl/N-ethyl adjacent to an activating group) is 1. The van der Waals surface area contributed by atoms with E-state index in [1.54, 1.807) is 0 Å². The van der Waals surface area contributed by atoms with E-state index in [0.717, 1.165) is 11.1 Å². The Morgan fingerprint density at radius 2 is 1.14 bits per heavy atom. The zero-order chi connectivity index (χ0) is 16.4. The maximum Gasteiger partial charge on any atom is 0.237 e. The number of hydrogen-bond donors (Lipinski definition) is 0. The fraction of sp³-hybridized carbons (Fsp3) is 0.350. The lowest BCUT2D eigenvalue weighted by Gasteiger charge is -2.40. The summed E-state index contributed by atoms with van der Waals surface area (Å²) < 4.78 is 0. The van der Waals surface area contributed by atoms with Crippen LogP contribution in [0, 0.1) is 0 Å². The summed E-state index contributed by atoms with van der Waals surface area (Å²) in [6.45, 7) is 8.19. The number of carbonyl (C=O) groups excluding carboxylic acids is 1. The van der Waals surface area contributed by atoms with Gasteiger partial charge in [0.05, 0.1) is 5.41 Å². The molecule has 2 heteroatoms. The van der Waals surface area contributed by atoms with Crippen LogP contribution in [-0.2, 0) is 10.2 Å². The van der Waals surface area contributed by atoms with E-state index in [9.17, 15) is 4.79 Å². The minimum Gasteiger partial charge on any atom is -0.340 e. The maximum atomic E-state index is 13.3. The Morgan fingerprint density at radius 3 is 1.45 bits per heavy atom. The van der Waals surface area contributed by atoms with E-state index >= 15 is 0 Å². The van der Waals surface area contributed by atoms with Crippen molar-refractivity contribution in [1.82, 2.24) is 4.90 Å². The van der Waals surface area contributed by atoms with E-state index in [2.05, 4.69) is 20.8 Å². The third-order valence-corrected chi connectivity index (χ3v) is 4.44. The van der Waals surface area contributed by atoms with Gasteiger partial charge in [-0.05, 0) is 38.8 Å². The predicted octanol–water partition coefficient (Wildman–Crippen LogP) is 4.25. The van der Waals surface area contributed by atoms with Gasteiger partial charge in [0, 0.05) is 12.6 Å². The first-order valence-corrected chi connectivity index (χ1v) is 7.67. The lowest BCUT2D eigenvalue weighted by molar-refractivity contribution is -0.138. The van der Waals surface area contributed by atoms with Crippen molar-refractivity contribution in [2.45, 2.75) is 38.6 Å². The Bertz CT molecular complexity index is 586. The average Bonchev–Trinajstić information content (AvgIpc) is 2.53. The molecule has 0 fully saturated rings. The van der Waals surface area contributed by atoms with Gasteiger partial charge in [-0.1, -0.05) is 60.7 Å². The molecule has 0 radical (unpaired) electrons. The van der Waals surface area contributed by atoms with Gasteiger partial charge in [-0.2, -0.15) is 0 Å². The molecule has 2 rings (SSSR count). The van der Waals surface area contributed by atoms with Crippen LogP contribution in [0.25, 0.3) is 0 Å². The van der Waals surface area contributed by atoms with E-state index in [1.165, 1.54) is 0 Å². The van der Waals surface area contributed by atoms with Gasteiger partial charge < -0.3 is 4.90 Å². The van der Waals surface area contributed by atoms with Crippen LogP contribution < -0.4 is 0 Å². The van der Waals surface area contributed by atoms with E-state index in [1.807, 2.05) is 79.5 Å². The Hall–Kier alpha value is -2.09. The highest BCUT2D eigenvalue weighted by Crippen LogP contribution is 2.35. The molecule has 0 aliphatic rings. The molecule has 0 heterocycles. The van der Waals surface area contributed by atoms with Crippen LogP contribution in [-0.4, -0.2) is 23.4 Å². The van der Waals surface area contributed by atoms with Gasteiger partial charge in [0.15, 0.2) is 0 Å². The number of carbonyl (C=O) groups is 1. The van der Waals surface area contributed by atoms with Gasteiger partial charge in [0.25, 0.3) is 0 Å². The summed E-state index contributed by atoms with van der Waals surface area (Å²) in [6, 6.07) is 20.0. The molecule has 116 valence electrons. The van der Waals surface area contributed by atoms with E-state index in [0.29, 0.717) is 0 Å². The van der Waals surface area contributed by atoms with Gasteiger partial charge in [0.1, 0.15) is 0 Å². The molecule has 0 saturated heterocycles. The first-order chi connectivity index (χ1) is 10.3. The molecule has 0 aliphatic carbocycles. The number of benzene rings is 2. The average molecular weight is 295 g/mol. The van der Waals surface area contributed by atoms with Gasteiger partial charge in [-0.25, -0.2) is 0 Å². The van der Waals surface area contributed by atoms with E-state index < -0.39 is 5.41 Å². The van der Waals surface area contributed by atoms with Crippen LogP contribution in [0.1, 0.15) is 38.8 Å². The van der Waals surface area contributed by atoms with Crippen molar-refractivity contribution in [1.29, 1.82) is 0 Å². The zero-order valence-corrected chi connectivity index (χ0v) is 14.1. The highest BCUT2D eigenvalue weighted by atomic mass is 16.2. The van der Waals surface area contributed by atoms with Crippen LogP contribution in [0.15, 0.2) is 60.7 Å². The molecular formula is C20H25NO. The molecule has 2 aromatic rings. The Morgan fingerprint density at radius 1 is 0.773 bits per heavy atom. The van der Waals surface area contributed by atoms with Crippen molar-refractivity contribution in [2.75, 3.05) is 7.05 Å². The largest absolute Gasteiger partial charge is 0.340 e. The highest BCUT2D eigenvalue weighted by Gasteiger charge is 2.41. The molecule has 0 bridgehead atoms. The third kappa shape index (κ3) is 2.92. The van der Waals surface area contributed by atoms with Crippen molar-refractivity contribution in [2.24, 2.45) is 0 Å². The molecule has 0 saturated carbocycles. The zero-order valence-electron chi connectivity index (χ0n) is 14.1. The van der Waals surface area contributed by atoms with Gasteiger partial charge >= 0.3 is 0 Å². The summed E-state index contributed by atoms with van der Waals surface area (Å²) in [5.41, 5.74) is 1.12. The predicted molar refractivity (Wildman–Crippen MR) is 91.9 cm³/mol. The topological polar surface area (TPSA) is 20.3 Å². The van der Waals surface area contributed by atoms with Crippen molar-refractivity contribution in [3.05, 3.63) is 71.8 Å². The highest BCUT2D eigenvalue weighted by molar-refractivity contribution is 5.92. The lowest BCUT2D eigenvalue weighted by atomic mass is 9.74. The Balaban J connectivity index is 2.60. The van der Waals surface area contributed by atoms with Crippen LogP contribution in [0.3, 0.4) is 0 Å². The van der Waals surface area contributed by atoms with Crippen molar-refractivity contribution in [3.8, 4) is 0 Å². The second-order valence-electron chi connectivity index (χ2n) is 6.89. The molecule has 1 amide bonds. The third-order valence-electron chi connectivity index (χ3n) is 4.44. The molecule has 0 aliphatic heterocycles. The monoisotopic (exact) mass is 295 g/mol. The Labute approximate surface area is 133 Å². The van der Waals surface area contributed by atoms with E-state index in [-0.39, 0.29) is 11.4 Å². The van der Waals surface area contributed by atoms with E-state index in [4.69, 9.17) is 0 Å². The summed E-state index contributed by atoms with van der Waals surface area (Å²) in [6.07, 6.45) is 0. The maximum absolute atomic E-state index is 13.3. The molecule has 2 aromatic carbocycles. The number of amides is 1. The number of rotatable bonds is 3. The van der Waals surface area contributed by atoms with Crippen LogP contribution in [0.5, 0.6) is 0 Å². The summed E-state index contributed by atoms with van der Waals surface area (Å²) in [4.78, 5) is 15.2. The summed E-state index contributed by atoms with van der Waals surface area (Å²) in [7, 11) is 1.88. The fourth-order valence-electron chi connectivity index (χ4n) is 2.60. The SMILES string of the molecule is CN(C(=O)C(C)(c1ccccc1)c1ccccc1)C(C)(C)C. The first kappa shape index (κ1) is 16.3. The molecule has 0 N–H and O–H groups in total. The second-order valence-corrected chi connectivity index (χ2v) is 6.89. The molecule has 2 nitrogen and oxygen atoms in total. The lowest BCUT2D eigenvalue weighted by Crippen LogP contribution is -2.51. The van der Waals surface area contributed by atoms with Crippen molar-refractivity contribution >= 4 is 5.91 Å². The first-order valence-electron chi connectivity index (χ1n) is 7.67. The van der Waals surface area contributed by atoms with Gasteiger partial charge in [-0.15, -0.1) is 0 Å². The summed E-state index contributed by atoms with van der Waals surface area (Å²) in [5.74, 6) is 0.109. The van der Waals surface area contributed by atoms with Crippen molar-refractivity contribution < 1.29 is 4.79 Å².